The Morgan fingerprint density at radius 1 is 1.50 bits per heavy atom. The lowest BCUT2D eigenvalue weighted by molar-refractivity contribution is -0.130. The van der Waals surface area contributed by atoms with Gasteiger partial charge in [0.2, 0.25) is 5.91 Å². The minimum atomic E-state index is -0.339. The molecular weight excluding hydrogens is 235 g/mol. The summed E-state index contributed by atoms with van der Waals surface area (Å²) in [5.41, 5.74) is 6.01. The van der Waals surface area contributed by atoms with Gasteiger partial charge in [0.15, 0.2) is 0 Å². The lowest BCUT2D eigenvalue weighted by Gasteiger charge is -2.18. The summed E-state index contributed by atoms with van der Waals surface area (Å²) >= 11 is 0. The van der Waals surface area contributed by atoms with Crippen LogP contribution < -0.4 is 10.5 Å². The fourth-order valence-corrected chi connectivity index (χ4v) is 1.66. The Balaban J connectivity index is 2.71. The van der Waals surface area contributed by atoms with Crippen LogP contribution in [0.3, 0.4) is 0 Å². The highest BCUT2D eigenvalue weighted by molar-refractivity contribution is 5.75. The summed E-state index contributed by atoms with van der Waals surface area (Å²) in [6.07, 6.45) is 1.06. The average Bonchev–Trinajstić information content (AvgIpc) is 2.36. The van der Waals surface area contributed by atoms with Crippen LogP contribution in [0.4, 0.5) is 4.39 Å². The first-order valence-electron chi connectivity index (χ1n) is 5.85. The first-order valence-corrected chi connectivity index (χ1v) is 5.85. The van der Waals surface area contributed by atoms with Gasteiger partial charge in [-0.1, -0.05) is 0 Å². The number of ether oxygens (including phenoxy) is 1. The molecule has 0 spiro atoms. The molecule has 0 atom stereocenters. The Labute approximate surface area is 107 Å². The zero-order chi connectivity index (χ0) is 13.5. The minimum Gasteiger partial charge on any atom is -0.496 e. The maximum Gasteiger partial charge on any atom is 0.222 e. The molecule has 0 radical (unpaired) electrons. The van der Waals surface area contributed by atoms with Gasteiger partial charge in [0, 0.05) is 25.6 Å². The first kappa shape index (κ1) is 14.4. The van der Waals surface area contributed by atoms with Gasteiger partial charge in [-0.05, 0) is 31.2 Å². The Morgan fingerprint density at radius 2 is 2.22 bits per heavy atom. The molecule has 0 aliphatic rings. The molecule has 0 aliphatic carbocycles. The van der Waals surface area contributed by atoms with Crippen LogP contribution in [0.2, 0.25) is 0 Å². The van der Waals surface area contributed by atoms with Crippen molar-refractivity contribution in [3.05, 3.63) is 29.6 Å². The number of nitrogens with two attached hydrogens (primary N) is 1. The second-order valence-electron chi connectivity index (χ2n) is 4.10. The van der Waals surface area contributed by atoms with Gasteiger partial charge in [0.05, 0.1) is 7.11 Å². The summed E-state index contributed by atoms with van der Waals surface area (Å²) in [6, 6.07) is 4.27. The predicted molar refractivity (Wildman–Crippen MR) is 67.7 cm³/mol. The SMILES string of the molecule is COc1ccc(F)cc1CN(C)C(=O)CCCN. The van der Waals surface area contributed by atoms with Crippen molar-refractivity contribution in [2.45, 2.75) is 19.4 Å². The Morgan fingerprint density at radius 3 is 2.83 bits per heavy atom. The van der Waals surface area contributed by atoms with Crippen LogP contribution >= 0.6 is 0 Å². The van der Waals surface area contributed by atoms with Crippen LogP contribution in [-0.4, -0.2) is 31.5 Å². The summed E-state index contributed by atoms with van der Waals surface area (Å²) in [4.78, 5) is 13.3. The fourth-order valence-electron chi connectivity index (χ4n) is 1.66. The average molecular weight is 254 g/mol. The Hall–Kier alpha value is -1.62. The van der Waals surface area contributed by atoms with E-state index in [1.165, 1.54) is 19.2 Å². The molecule has 2 N–H and O–H groups in total. The second kappa shape index (κ2) is 6.96. The highest BCUT2D eigenvalue weighted by Gasteiger charge is 2.12. The molecule has 0 heterocycles. The van der Waals surface area contributed by atoms with E-state index < -0.39 is 0 Å². The van der Waals surface area contributed by atoms with Crippen LogP contribution in [0.1, 0.15) is 18.4 Å². The second-order valence-corrected chi connectivity index (χ2v) is 4.10. The number of nitrogens with zero attached hydrogens (tertiary/aromatic N) is 1. The Bertz CT molecular complexity index is 410. The predicted octanol–water partition coefficient (Wildman–Crippen LogP) is 1.53. The van der Waals surface area contributed by atoms with Crippen LogP contribution in [0.15, 0.2) is 18.2 Å². The number of hydrogen-bond donors (Lipinski definition) is 1. The van der Waals surface area contributed by atoms with Crippen LogP contribution in [0.25, 0.3) is 0 Å². The van der Waals surface area contributed by atoms with E-state index in [0.717, 1.165) is 0 Å². The summed E-state index contributed by atoms with van der Waals surface area (Å²) in [6.45, 7) is 0.813. The maximum atomic E-state index is 13.2. The van der Waals surface area contributed by atoms with E-state index in [4.69, 9.17) is 10.5 Å². The summed E-state index contributed by atoms with van der Waals surface area (Å²) in [7, 11) is 3.20. The van der Waals surface area contributed by atoms with Gasteiger partial charge >= 0.3 is 0 Å². The molecule has 0 aromatic heterocycles. The topological polar surface area (TPSA) is 55.6 Å². The van der Waals surface area contributed by atoms with Gasteiger partial charge in [-0.2, -0.15) is 0 Å². The lowest BCUT2D eigenvalue weighted by atomic mass is 10.1. The summed E-state index contributed by atoms with van der Waals surface area (Å²) < 4.78 is 18.3. The van der Waals surface area contributed by atoms with E-state index in [0.29, 0.717) is 37.2 Å². The van der Waals surface area contributed by atoms with E-state index in [2.05, 4.69) is 0 Å². The molecule has 0 bridgehead atoms. The quantitative estimate of drug-likeness (QED) is 0.837. The number of carbonyl (C=O) groups excluding carboxylic acids is 1. The molecule has 0 saturated carbocycles. The third kappa shape index (κ3) is 4.00. The van der Waals surface area contributed by atoms with E-state index in [9.17, 15) is 9.18 Å². The molecular formula is C13H19FN2O2. The zero-order valence-electron chi connectivity index (χ0n) is 10.8. The molecule has 1 aromatic carbocycles. The van der Waals surface area contributed by atoms with Crippen molar-refractivity contribution >= 4 is 5.91 Å². The number of benzene rings is 1. The van der Waals surface area contributed by atoms with E-state index in [-0.39, 0.29) is 11.7 Å². The number of hydrogen-bond acceptors (Lipinski definition) is 3. The maximum absolute atomic E-state index is 13.2. The van der Waals surface area contributed by atoms with E-state index in [1.807, 2.05) is 0 Å². The van der Waals surface area contributed by atoms with Gasteiger partial charge < -0.3 is 15.4 Å². The molecule has 1 amide bonds. The number of rotatable bonds is 6. The summed E-state index contributed by atoms with van der Waals surface area (Å²) in [5, 5.41) is 0. The van der Waals surface area contributed by atoms with Crippen molar-refractivity contribution in [3.63, 3.8) is 0 Å². The molecule has 0 aliphatic heterocycles. The van der Waals surface area contributed by atoms with Gasteiger partial charge in [0.1, 0.15) is 11.6 Å². The highest BCUT2D eigenvalue weighted by atomic mass is 19.1. The normalized spacial score (nSPS) is 10.2. The number of methoxy groups -OCH3 is 1. The van der Waals surface area contributed by atoms with Gasteiger partial charge in [-0.3, -0.25) is 4.79 Å². The third-order valence-corrected chi connectivity index (χ3v) is 2.67. The largest absolute Gasteiger partial charge is 0.496 e. The van der Waals surface area contributed by atoms with Gasteiger partial charge in [-0.15, -0.1) is 0 Å². The Kier molecular flexibility index (Phi) is 5.58. The standard InChI is InChI=1S/C13H19FN2O2/c1-16(13(17)4-3-7-15)9-10-8-11(14)5-6-12(10)18-2/h5-6,8H,3-4,7,9,15H2,1-2H3. The van der Waals surface area contributed by atoms with Crippen molar-refractivity contribution < 1.29 is 13.9 Å². The molecule has 1 rings (SSSR count). The van der Waals surface area contributed by atoms with Crippen molar-refractivity contribution in [2.24, 2.45) is 5.73 Å². The molecule has 0 fully saturated rings. The van der Waals surface area contributed by atoms with E-state index >= 15 is 0 Å². The van der Waals surface area contributed by atoms with Crippen LogP contribution in [-0.2, 0) is 11.3 Å². The smallest absolute Gasteiger partial charge is 0.222 e. The molecule has 5 heteroatoms. The molecule has 100 valence electrons. The van der Waals surface area contributed by atoms with Crippen LogP contribution in [0, 0.1) is 5.82 Å². The molecule has 1 aromatic rings. The number of carbonyl (C=O) groups is 1. The first-order chi connectivity index (χ1) is 8.58. The third-order valence-electron chi connectivity index (χ3n) is 2.67. The van der Waals surface area contributed by atoms with Crippen molar-refractivity contribution in [1.29, 1.82) is 0 Å². The molecule has 18 heavy (non-hydrogen) atoms. The molecule has 0 unspecified atom stereocenters. The van der Waals surface area contributed by atoms with E-state index in [1.54, 1.807) is 18.0 Å². The van der Waals surface area contributed by atoms with Crippen LogP contribution in [0.5, 0.6) is 5.75 Å². The minimum absolute atomic E-state index is 0.00763. The monoisotopic (exact) mass is 254 g/mol. The molecule has 0 saturated heterocycles. The fraction of sp³-hybridized carbons (Fsp3) is 0.462. The van der Waals surface area contributed by atoms with Crippen molar-refractivity contribution in [2.75, 3.05) is 20.7 Å². The zero-order valence-corrected chi connectivity index (χ0v) is 10.8. The number of halogens is 1. The molecule has 4 nitrogen and oxygen atoms in total. The van der Waals surface area contributed by atoms with Gasteiger partial charge in [-0.25, -0.2) is 4.39 Å². The number of amides is 1. The lowest BCUT2D eigenvalue weighted by Crippen LogP contribution is -2.26. The van der Waals surface area contributed by atoms with Crippen molar-refractivity contribution in [3.8, 4) is 5.75 Å². The highest BCUT2D eigenvalue weighted by Crippen LogP contribution is 2.20. The summed E-state index contributed by atoms with van der Waals surface area (Å²) in [5.74, 6) is 0.232. The van der Waals surface area contributed by atoms with Gasteiger partial charge in [0.25, 0.3) is 0 Å². The van der Waals surface area contributed by atoms with Crippen molar-refractivity contribution in [1.82, 2.24) is 4.90 Å².